The van der Waals surface area contributed by atoms with Crippen molar-refractivity contribution < 1.29 is 9.53 Å². The number of hydrogen-bond acceptors (Lipinski definition) is 5. The van der Waals surface area contributed by atoms with E-state index < -0.39 is 0 Å². The van der Waals surface area contributed by atoms with Crippen LogP contribution < -0.4 is 10.1 Å². The molecule has 0 spiro atoms. The molecule has 5 nitrogen and oxygen atoms in total. The van der Waals surface area contributed by atoms with Crippen molar-refractivity contribution in [1.29, 1.82) is 0 Å². The van der Waals surface area contributed by atoms with Crippen LogP contribution in [0, 0.1) is 0 Å². The van der Waals surface area contributed by atoms with Gasteiger partial charge in [0.1, 0.15) is 17.0 Å². The Morgan fingerprint density at radius 2 is 2.00 bits per heavy atom. The van der Waals surface area contributed by atoms with Crippen LogP contribution in [0.25, 0.3) is 11.3 Å². The zero-order valence-corrected chi connectivity index (χ0v) is 14.8. The van der Waals surface area contributed by atoms with Crippen LogP contribution in [-0.4, -0.2) is 21.1 Å². The summed E-state index contributed by atoms with van der Waals surface area (Å²) < 4.78 is 9.84. The average molecular weight is 351 g/mol. The van der Waals surface area contributed by atoms with Gasteiger partial charge in [0.15, 0.2) is 0 Å². The van der Waals surface area contributed by atoms with Crippen LogP contribution in [0.1, 0.15) is 29.8 Å². The molecule has 1 aromatic heterocycles. The standard InChI is InChI=1S/C19H17N3O2S/c1-19(2)10-13-4-3-5-15(17(13)24-19)18(23)20-14-8-6-12(7-9-14)16-11-25-22-21-16/h3-9,11H,10H2,1-2H3,(H,20,23). The molecule has 0 aliphatic carbocycles. The number of anilines is 1. The SMILES string of the molecule is CC1(C)Cc2cccc(C(=O)Nc3ccc(-c4csnn4)cc3)c2O1. The third-order valence-electron chi connectivity index (χ3n) is 4.13. The van der Waals surface area contributed by atoms with Crippen molar-refractivity contribution in [3.8, 4) is 17.0 Å². The Balaban J connectivity index is 1.55. The molecule has 0 unspecified atom stereocenters. The van der Waals surface area contributed by atoms with Crippen LogP contribution in [-0.2, 0) is 6.42 Å². The average Bonchev–Trinajstić information content (AvgIpc) is 3.21. The highest BCUT2D eigenvalue weighted by molar-refractivity contribution is 7.03. The Bertz CT molecular complexity index is 918. The van der Waals surface area contributed by atoms with E-state index in [1.54, 1.807) is 6.07 Å². The monoisotopic (exact) mass is 351 g/mol. The summed E-state index contributed by atoms with van der Waals surface area (Å²) in [6, 6.07) is 13.3. The van der Waals surface area contributed by atoms with Crippen LogP contribution in [0.3, 0.4) is 0 Å². The van der Waals surface area contributed by atoms with E-state index in [0.29, 0.717) is 11.3 Å². The number of carbonyl (C=O) groups is 1. The van der Waals surface area contributed by atoms with E-state index in [1.165, 1.54) is 11.5 Å². The number of benzene rings is 2. The number of aromatic nitrogens is 2. The van der Waals surface area contributed by atoms with Crippen LogP contribution in [0.15, 0.2) is 47.8 Å². The van der Waals surface area contributed by atoms with Gasteiger partial charge in [-0.3, -0.25) is 4.79 Å². The number of amides is 1. The molecule has 0 saturated heterocycles. The van der Waals surface area contributed by atoms with Crippen LogP contribution in [0.2, 0.25) is 0 Å². The lowest BCUT2D eigenvalue weighted by atomic mass is 10.0. The molecule has 0 radical (unpaired) electrons. The number of carbonyl (C=O) groups excluding carboxylic acids is 1. The highest BCUT2D eigenvalue weighted by Crippen LogP contribution is 2.37. The lowest BCUT2D eigenvalue weighted by Crippen LogP contribution is -2.25. The number of ether oxygens (including phenoxy) is 1. The second-order valence-electron chi connectivity index (χ2n) is 6.65. The maximum atomic E-state index is 12.7. The Hall–Kier alpha value is -2.73. The molecule has 6 heteroatoms. The van der Waals surface area contributed by atoms with Gasteiger partial charge >= 0.3 is 0 Å². The zero-order chi connectivity index (χ0) is 17.4. The van der Waals surface area contributed by atoms with E-state index in [4.69, 9.17) is 4.74 Å². The van der Waals surface area contributed by atoms with Gasteiger partial charge in [-0.1, -0.05) is 28.8 Å². The Morgan fingerprint density at radius 3 is 2.72 bits per heavy atom. The van der Waals surface area contributed by atoms with Gasteiger partial charge in [0.25, 0.3) is 5.91 Å². The molecule has 3 aromatic rings. The summed E-state index contributed by atoms with van der Waals surface area (Å²) >= 11 is 1.31. The van der Waals surface area contributed by atoms with E-state index in [-0.39, 0.29) is 11.5 Å². The number of fused-ring (bicyclic) bond motifs is 1. The van der Waals surface area contributed by atoms with Crippen molar-refractivity contribution in [2.75, 3.05) is 5.32 Å². The van der Waals surface area contributed by atoms with E-state index in [0.717, 1.165) is 28.9 Å². The molecule has 25 heavy (non-hydrogen) atoms. The minimum absolute atomic E-state index is 0.169. The molecular formula is C19H17N3O2S. The predicted octanol–water partition coefficient (Wildman–Crippen LogP) is 4.17. The van der Waals surface area contributed by atoms with E-state index in [1.807, 2.05) is 55.6 Å². The molecule has 0 atom stereocenters. The number of hydrogen-bond donors (Lipinski definition) is 1. The highest BCUT2D eigenvalue weighted by atomic mass is 32.1. The van der Waals surface area contributed by atoms with Gasteiger partial charge in [0, 0.05) is 23.1 Å². The number of para-hydroxylation sites is 1. The van der Waals surface area contributed by atoms with Crippen LogP contribution in [0.4, 0.5) is 5.69 Å². The van der Waals surface area contributed by atoms with E-state index in [2.05, 4.69) is 14.9 Å². The summed E-state index contributed by atoms with van der Waals surface area (Å²) in [7, 11) is 0. The van der Waals surface area contributed by atoms with Crippen LogP contribution in [0.5, 0.6) is 5.75 Å². The first kappa shape index (κ1) is 15.8. The normalized spacial score (nSPS) is 14.6. The molecule has 0 bridgehead atoms. The lowest BCUT2D eigenvalue weighted by molar-refractivity contribution is 0.101. The van der Waals surface area contributed by atoms with Gasteiger partial charge in [-0.2, -0.15) is 0 Å². The molecule has 2 heterocycles. The third-order valence-corrected chi connectivity index (χ3v) is 4.64. The first-order chi connectivity index (χ1) is 12.0. The molecule has 0 fully saturated rings. The number of nitrogens with zero attached hydrogens (tertiary/aromatic N) is 2. The van der Waals surface area contributed by atoms with Gasteiger partial charge in [-0.05, 0) is 49.1 Å². The van der Waals surface area contributed by atoms with Crippen molar-refractivity contribution in [3.63, 3.8) is 0 Å². The third kappa shape index (κ3) is 3.13. The summed E-state index contributed by atoms with van der Waals surface area (Å²) in [6.07, 6.45) is 0.805. The summed E-state index contributed by atoms with van der Waals surface area (Å²) in [6.45, 7) is 4.06. The van der Waals surface area contributed by atoms with Crippen molar-refractivity contribution >= 4 is 23.1 Å². The molecule has 1 aliphatic heterocycles. The molecule has 4 rings (SSSR count). The van der Waals surface area contributed by atoms with Gasteiger partial charge in [0.05, 0.1) is 5.56 Å². The van der Waals surface area contributed by atoms with Crippen molar-refractivity contribution in [1.82, 2.24) is 9.59 Å². The molecular weight excluding hydrogens is 334 g/mol. The fourth-order valence-corrected chi connectivity index (χ4v) is 3.47. The van der Waals surface area contributed by atoms with Gasteiger partial charge in [-0.15, -0.1) is 5.10 Å². The Labute approximate surface area is 149 Å². The number of rotatable bonds is 3. The second-order valence-corrected chi connectivity index (χ2v) is 7.26. The molecule has 126 valence electrons. The van der Waals surface area contributed by atoms with Gasteiger partial charge in [-0.25, -0.2) is 0 Å². The first-order valence-corrected chi connectivity index (χ1v) is 8.85. The quantitative estimate of drug-likeness (QED) is 0.769. The fraction of sp³-hybridized carbons (Fsp3) is 0.211. The molecule has 1 N–H and O–H groups in total. The molecule has 1 aliphatic rings. The van der Waals surface area contributed by atoms with Crippen LogP contribution >= 0.6 is 11.5 Å². The second kappa shape index (κ2) is 5.97. The lowest BCUT2D eigenvalue weighted by Gasteiger charge is -2.18. The summed E-state index contributed by atoms with van der Waals surface area (Å²) in [4.78, 5) is 12.7. The van der Waals surface area contributed by atoms with Gasteiger partial charge in [0.2, 0.25) is 0 Å². The smallest absolute Gasteiger partial charge is 0.259 e. The Kier molecular flexibility index (Phi) is 3.77. The maximum absolute atomic E-state index is 12.7. The summed E-state index contributed by atoms with van der Waals surface area (Å²) in [5.74, 6) is 0.521. The molecule has 0 saturated carbocycles. The minimum atomic E-state index is -0.276. The van der Waals surface area contributed by atoms with Crippen molar-refractivity contribution in [2.24, 2.45) is 0 Å². The largest absolute Gasteiger partial charge is 0.486 e. The summed E-state index contributed by atoms with van der Waals surface area (Å²) in [5.41, 5.74) is 3.89. The maximum Gasteiger partial charge on any atom is 0.259 e. The summed E-state index contributed by atoms with van der Waals surface area (Å²) in [5, 5.41) is 8.87. The number of nitrogens with one attached hydrogen (secondary N) is 1. The van der Waals surface area contributed by atoms with E-state index >= 15 is 0 Å². The molecule has 2 aromatic carbocycles. The van der Waals surface area contributed by atoms with Crippen molar-refractivity contribution in [2.45, 2.75) is 25.9 Å². The van der Waals surface area contributed by atoms with E-state index in [9.17, 15) is 4.79 Å². The zero-order valence-electron chi connectivity index (χ0n) is 13.9. The topological polar surface area (TPSA) is 64.1 Å². The van der Waals surface area contributed by atoms with Gasteiger partial charge < -0.3 is 10.1 Å². The fourth-order valence-electron chi connectivity index (χ4n) is 3.01. The van der Waals surface area contributed by atoms with Crippen molar-refractivity contribution in [3.05, 3.63) is 59.0 Å². The predicted molar refractivity (Wildman–Crippen MR) is 98.2 cm³/mol. The highest BCUT2D eigenvalue weighted by Gasteiger charge is 2.33. The Morgan fingerprint density at radius 1 is 1.20 bits per heavy atom. The molecule has 1 amide bonds. The minimum Gasteiger partial charge on any atom is -0.486 e. The first-order valence-electron chi connectivity index (χ1n) is 8.02.